The van der Waals surface area contributed by atoms with Gasteiger partial charge in [0.15, 0.2) is 0 Å². The molecule has 0 spiro atoms. The average molecular weight is 382 g/mol. The third-order valence-corrected chi connectivity index (χ3v) is 6.50. The number of rotatable bonds is 4. The molecule has 2 heterocycles. The van der Waals surface area contributed by atoms with Crippen LogP contribution in [-0.4, -0.2) is 21.9 Å². The standard InChI is InChI=1S/C22H27N3OS/c1-22(2,3)15-10-8-14(9-11-15)12-25(4)13-18-23-20(26)19-16-6-5-7-17(16)27-21(19)24-18/h8-11H,5-7,12-13H2,1-4H3,(H,23,24,26). The van der Waals surface area contributed by atoms with Gasteiger partial charge in [0.05, 0.1) is 11.9 Å². The molecular formula is C22H27N3OS. The van der Waals surface area contributed by atoms with Gasteiger partial charge in [-0.1, -0.05) is 45.0 Å². The van der Waals surface area contributed by atoms with Crippen LogP contribution in [0.5, 0.6) is 0 Å². The molecule has 4 rings (SSSR count). The molecule has 2 aromatic heterocycles. The summed E-state index contributed by atoms with van der Waals surface area (Å²) >= 11 is 1.70. The first kappa shape index (κ1) is 18.4. The highest BCUT2D eigenvalue weighted by Gasteiger charge is 2.21. The predicted molar refractivity (Wildman–Crippen MR) is 113 cm³/mol. The highest BCUT2D eigenvalue weighted by Crippen LogP contribution is 2.34. The van der Waals surface area contributed by atoms with Crippen LogP contribution in [0.3, 0.4) is 0 Å². The number of nitrogens with zero attached hydrogens (tertiary/aromatic N) is 2. The SMILES string of the molecule is CN(Cc1ccc(C(C)(C)C)cc1)Cc1nc2sc3c(c2c(=O)[nH]1)CCC3. The van der Waals surface area contributed by atoms with Gasteiger partial charge in [0.1, 0.15) is 10.7 Å². The predicted octanol–water partition coefficient (Wildman–Crippen LogP) is 4.40. The summed E-state index contributed by atoms with van der Waals surface area (Å²) in [6.45, 7) is 8.15. The van der Waals surface area contributed by atoms with E-state index in [4.69, 9.17) is 4.98 Å². The molecule has 0 fully saturated rings. The van der Waals surface area contributed by atoms with Crippen molar-refractivity contribution in [2.75, 3.05) is 7.05 Å². The van der Waals surface area contributed by atoms with E-state index in [1.54, 1.807) is 11.3 Å². The molecular weight excluding hydrogens is 354 g/mol. The lowest BCUT2D eigenvalue weighted by Crippen LogP contribution is -2.22. The van der Waals surface area contributed by atoms with E-state index in [9.17, 15) is 4.79 Å². The number of H-pyrrole nitrogens is 1. The number of thiophene rings is 1. The van der Waals surface area contributed by atoms with E-state index in [-0.39, 0.29) is 11.0 Å². The molecule has 0 unspecified atom stereocenters. The Labute approximate surface area is 164 Å². The third kappa shape index (κ3) is 3.71. The van der Waals surface area contributed by atoms with Crippen molar-refractivity contribution in [3.8, 4) is 0 Å². The maximum atomic E-state index is 12.6. The Hall–Kier alpha value is -1.98. The molecule has 0 amide bonds. The van der Waals surface area contributed by atoms with E-state index in [1.807, 2.05) is 0 Å². The molecule has 0 saturated heterocycles. The lowest BCUT2D eigenvalue weighted by atomic mass is 9.87. The molecule has 0 bridgehead atoms. The minimum atomic E-state index is 0.0253. The minimum absolute atomic E-state index is 0.0253. The molecule has 1 aliphatic carbocycles. The van der Waals surface area contributed by atoms with Crippen LogP contribution in [0.2, 0.25) is 0 Å². The fourth-order valence-corrected chi connectivity index (χ4v) is 5.14. The number of aromatic amines is 1. The van der Waals surface area contributed by atoms with Crippen LogP contribution < -0.4 is 5.56 Å². The summed E-state index contributed by atoms with van der Waals surface area (Å²) in [5.41, 5.74) is 4.05. The maximum absolute atomic E-state index is 12.6. The van der Waals surface area contributed by atoms with Gasteiger partial charge in [0.25, 0.3) is 5.56 Å². The summed E-state index contributed by atoms with van der Waals surface area (Å²) in [7, 11) is 2.07. The topological polar surface area (TPSA) is 49.0 Å². The molecule has 0 saturated carbocycles. The van der Waals surface area contributed by atoms with E-state index < -0.39 is 0 Å². The second kappa shape index (κ2) is 6.88. The lowest BCUT2D eigenvalue weighted by Gasteiger charge is -2.20. The number of hydrogen-bond donors (Lipinski definition) is 1. The van der Waals surface area contributed by atoms with Crippen molar-refractivity contribution in [2.45, 2.75) is 58.5 Å². The van der Waals surface area contributed by atoms with Crippen LogP contribution >= 0.6 is 11.3 Å². The Morgan fingerprint density at radius 2 is 1.89 bits per heavy atom. The molecule has 1 aromatic carbocycles. The number of nitrogens with one attached hydrogen (secondary N) is 1. The molecule has 3 aromatic rings. The van der Waals surface area contributed by atoms with Crippen molar-refractivity contribution < 1.29 is 0 Å². The molecule has 0 radical (unpaired) electrons. The quantitative estimate of drug-likeness (QED) is 0.728. The van der Waals surface area contributed by atoms with Crippen LogP contribution in [0.4, 0.5) is 0 Å². The van der Waals surface area contributed by atoms with Crippen LogP contribution in [0.25, 0.3) is 10.2 Å². The average Bonchev–Trinajstić information content (AvgIpc) is 3.14. The van der Waals surface area contributed by atoms with Crippen LogP contribution in [-0.2, 0) is 31.3 Å². The first-order valence-corrected chi connectivity index (χ1v) is 10.4. The highest BCUT2D eigenvalue weighted by molar-refractivity contribution is 7.18. The first-order valence-electron chi connectivity index (χ1n) is 9.62. The van der Waals surface area contributed by atoms with Crippen LogP contribution in [0.15, 0.2) is 29.1 Å². The Bertz CT molecular complexity index is 1020. The fraction of sp³-hybridized carbons (Fsp3) is 0.455. The number of benzene rings is 1. The normalized spacial score (nSPS) is 14.3. The lowest BCUT2D eigenvalue weighted by molar-refractivity contribution is 0.310. The van der Waals surface area contributed by atoms with Gasteiger partial charge in [-0.2, -0.15) is 0 Å². The second-order valence-corrected chi connectivity index (χ2v) is 9.75. The third-order valence-electron chi connectivity index (χ3n) is 5.32. The minimum Gasteiger partial charge on any atom is -0.309 e. The maximum Gasteiger partial charge on any atom is 0.259 e. The Balaban J connectivity index is 1.50. The number of hydrogen-bond acceptors (Lipinski definition) is 4. The zero-order valence-electron chi connectivity index (χ0n) is 16.6. The molecule has 4 nitrogen and oxygen atoms in total. The van der Waals surface area contributed by atoms with E-state index in [0.29, 0.717) is 6.54 Å². The molecule has 0 aliphatic heterocycles. The van der Waals surface area contributed by atoms with Crippen LogP contribution in [0.1, 0.15) is 54.6 Å². The van der Waals surface area contributed by atoms with Crippen molar-refractivity contribution in [3.05, 3.63) is 62.0 Å². The van der Waals surface area contributed by atoms with E-state index in [0.717, 1.165) is 41.8 Å². The monoisotopic (exact) mass is 381 g/mol. The van der Waals surface area contributed by atoms with Crippen molar-refractivity contribution in [1.29, 1.82) is 0 Å². The summed E-state index contributed by atoms with van der Waals surface area (Å²) < 4.78 is 0. The van der Waals surface area contributed by atoms with Gasteiger partial charge in [-0.3, -0.25) is 9.69 Å². The van der Waals surface area contributed by atoms with Gasteiger partial charge in [-0.15, -0.1) is 11.3 Å². The summed E-state index contributed by atoms with van der Waals surface area (Å²) in [5.74, 6) is 0.751. The van der Waals surface area contributed by atoms with Crippen molar-refractivity contribution in [2.24, 2.45) is 0 Å². The zero-order chi connectivity index (χ0) is 19.2. The molecule has 142 valence electrons. The molecule has 5 heteroatoms. The molecule has 0 atom stereocenters. The largest absolute Gasteiger partial charge is 0.309 e. The summed E-state index contributed by atoms with van der Waals surface area (Å²) in [4.78, 5) is 24.8. The highest BCUT2D eigenvalue weighted by atomic mass is 32.1. The van der Waals surface area contributed by atoms with E-state index >= 15 is 0 Å². The van der Waals surface area contributed by atoms with Gasteiger partial charge in [0.2, 0.25) is 0 Å². The van der Waals surface area contributed by atoms with Crippen LogP contribution in [0, 0.1) is 0 Å². The smallest absolute Gasteiger partial charge is 0.259 e. The van der Waals surface area contributed by atoms with Crippen molar-refractivity contribution in [3.63, 3.8) is 0 Å². The Morgan fingerprint density at radius 1 is 1.15 bits per heavy atom. The van der Waals surface area contributed by atoms with Gasteiger partial charge < -0.3 is 4.98 Å². The van der Waals surface area contributed by atoms with Crippen molar-refractivity contribution in [1.82, 2.24) is 14.9 Å². The summed E-state index contributed by atoms with van der Waals surface area (Å²) in [6, 6.07) is 8.81. The van der Waals surface area contributed by atoms with Gasteiger partial charge in [0, 0.05) is 11.4 Å². The second-order valence-electron chi connectivity index (χ2n) is 8.67. The summed E-state index contributed by atoms with van der Waals surface area (Å²) in [6.07, 6.45) is 3.27. The number of aryl methyl sites for hydroxylation is 2. The fourth-order valence-electron chi connectivity index (χ4n) is 3.86. The van der Waals surface area contributed by atoms with E-state index in [1.165, 1.54) is 21.6 Å². The Morgan fingerprint density at radius 3 is 2.59 bits per heavy atom. The first-order chi connectivity index (χ1) is 12.8. The van der Waals surface area contributed by atoms with Crippen molar-refractivity contribution >= 4 is 21.6 Å². The molecule has 27 heavy (non-hydrogen) atoms. The van der Waals surface area contributed by atoms with Gasteiger partial charge in [-0.05, 0) is 48.4 Å². The van der Waals surface area contributed by atoms with Gasteiger partial charge in [-0.25, -0.2) is 4.98 Å². The van der Waals surface area contributed by atoms with E-state index in [2.05, 4.69) is 62.0 Å². The molecule has 1 aliphatic rings. The Kier molecular flexibility index (Phi) is 4.68. The number of aromatic nitrogens is 2. The molecule has 1 N–H and O–H groups in total. The van der Waals surface area contributed by atoms with Gasteiger partial charge >= 0.3 is 0 Å². The zero-order valence-corrected chi connectivity index (χ0v) is 17.4. The number of fused-ring (bicyclic) bond motifs is 3. The summed E-state index contributed by atoms with van der Waals surface area (Å²) in [5, 5.41) is 0.830.